The molecule has 20 heavy (non-hydrogen) atoms. The van der Waals surface area contributed by atoms with Gasteiger partial charge in [0.1, 0.15) is 0 Å². The molecule has 2 unspecified atom stereocenters. The van der Waals surface area contributed by atoms with Gasteiger partial charge in [0.2, 0.25) is 5.91 Å². The molecule has 5 nitrogen and oxygen atoms in total. The SMILES string of the molecule is COCCN1C(=O)CCCC(N)C1c1ccc(C)cn1. The number of nitrogens with zero attached hydrogens (tertiary/aromatic N) is 2. The number of carbonyl (C=O) groups is 1. The van der Waals surface area contributed by atoms with Gasteiger partial charge in [-0.2, -0.15) is 0 Å². The highest BCUT2D eigenvalue weighted by molar-refractivity contribution is 5.77. The van der Waals surface area contributed by atoms with E-state index in [1.165, 1.54) is 0 Å². The Bertz CT molecular complexity index is 447. The monoisotopic (exact) mass is 277 g/mol. The van der Waals surface area contributed by atoms with Crippen molar-refractivity contribution in [3.8, 4) is 0 Å². The number of methoxy groups -OCH3 is 1. The largest absolute Gasteiger partial charge is 0.383 e. The zero-order valence-electron chi connectivity index (χ0n) is 12.2. The summed E-state index contributed by atoms with van der Waals surface area (Å²) >= 11 is 0. The second-order valence-corrected chi connectivity index (χ2v) is 5.34. The Hall–Kier alpha value is -1.46. The van der Waals surface area contributed by atoms with Crippen molar-refractivity contribution in [2.75, 3.05) is 20.3 Å². The highest BCUT2D eigenvalue weighted by atomic mass is 16.5. The Kier molecular flexibility index (Phi) is 5.09. The first-order valence-electron chi connectivity index (χ1n) is 7.10. The minimum Gasteiger partial charge on any atom is -0.383 e. The van der Waals surface area contributed by atoms with E-state index < -0.39 is 0 Å². The molecular weight excluding hydrogens is 254 g/mol. The van der Waals surface area contributed by atoms with Crippen LogP contribution in [0.25, 0.3) is 0 Å². The fourth-order valence-electron chi connectivity index (χ4n) is 2.66. The van der Waals surface area contributed by atoms with Gasteiger partial charge in [-0.05, 0) is 31.4 Å². The van der Waals surface area contributed by atoms with Crippen molar-refractivity contribution >= 4 is 5.91 Å². The molecular formula is C15H23N3O2. The Labute approximate surface area is 120 Å². The first-order chi connectivity index (χ1) is 9.63. The third-order valence-electron chi connectivity index (χ3n) is 3.76. The Morgan fingerprint density at radius 3 is 2.95 bits per heavy atom. The van der Waals surface area contributed by atoms with Gasteiger partial charge in [0, 0.05) is 32.3 Å². The summed E-state index contributed by atoms with van der Waals surface area (Å²) in [5, 5.41) is 0. The van der Waals surface area contributed by atoms with Crippen LogP contribution in [0, 0.1) is 6.92 Å². The van der Waals surface area contributed by atoms with E-state index >= 15 is 0 Å². The second-order valence-electron chi connectivity index (χ2n) is 5.34. The maximum atomic E-state index is 12.3. The van der Waals surface area contributed by atoms with Crippen molar-refractivity contribution in [2.45, 2.75) is 38.3 Å². The smallest absolute Gasteiger partial charge is 0.223 e. The normalized spacial score (nSPS) is 23.8. The molecule has 1 aliphatic heterocycles. The van der Waals surface area contributed by atoms with E-state index in [1.54, 1.807) is 7.11 Å². The van der Waals surface area contributed by atoms with Gasteiger partial charge < -0.3 is 15.4 Å². The predicted molar refractivity (Wildman–Crippen MR) is 77.1 cm³/mol. The molecule has 1 aliphatic rings. The van der Waals surface area contributed by atoms with Crippen LogP contribution >= 0.6 is 0 Å². The van der Waals surface area contributed by atoms with Crippen LogP contribution in [0.2, 0.25) is 0 Å². The van der Waals surface area contributed by atoms with Crippen LogP contribution in [0.4, 0.5) is 0 Å². The maximum absolute atomic E-state index is 12.3. The number of nitrogens with two attached hydrogens (primary N) is 1. The van der Waals surface area contributed by atoms with E-state index in [9.17, 15) is 4.79 Å². The summed E-state index contributed by atoms with van der Waals surface area (Å²) in [6.45, 7) is 3.07. The number of hydrogen-bond acceptors (Lipinski definition) is 4. The summed E-state index contributed by atoms with van der Waals surface area (Å²) in [6, 6.07) is 3.76. The average Bonchev–Trinajstić information content (AvgIpc) is 2.57. The van der Waals surface area contributed by atoms with Crippen LogP contribution in [0.15, 0.2) is 18.3 Å². The van der Waals surface area contributed by atoms with E-state index in [-0.39, 0.29) is 18.0 Å². The standard InChI is InChI=1S/C15H23N3O2/c1-11-6-7-13(17-10-11)15-12(16)4-3-5-14(19)18(15)8-9-20-2/h6-7,10,12,15H,3-5,8-9,16H2,1-2H3. The van der Waals surface area contributed by atoms with Gasteiger partial charge in [-0.3, -0.25) is 9.78 Å². The molecule has 0 saturated carbocycles. The van der Waals surface area contributed by atoms with E-state index in [2.05, 4.69) is 4.98 Å². The molecule has 1 amide bonds. The number of aryl methyl sites for hydroxylation is 1. The topological polar surface area (TPSA) is 68.5 Å². The number of amides is 1. The quantitative estimate of drug-likeness (QED) is 0.903. The highest BCUT2D eigenvalue weighted by Gasteiger charge is 2.33. The van der Waals surface area contributed by atoms with E-state index in [1.807, 2.05) is 30.2 Å². The van der Waals surface area contributed by atoms with Gasteiger partial charge in [-0.15, -0.1) is 0 Å². The number of ether oxygens (including phenoxy) is 1. The summed E-state index contributed by atoms with van der Waals surface area (Å²) in [7, 11) is 1.64. The van der Waals surface area contributed by atoms with Crippen LogP contribution in [0.1, 0.15) is 36.6 Å². The molecule has 0 radical (unpaired) electrons. The summed E-state index contributed by atoms with van der Waals surface area (Å²) in [4.78, 5) is 18.6. The first-order valence-corrected chi connectivity index (χ1v) is 7.10. The van der Waals surface area contributed by atoms with Crippen molar-refractivity contribution in [1.29, 1.82) is 0 Å². The summed E-state index contributed by atoms with van der Waals surface area (Å²) in [6.07, 6.45) is 4.06. The summed E-state index contributed by atoms with van der Waals surface area (Å²) in [5.41, 5.74) is 8.27. The molecule has 2 N–H and O–H groups in total. The third-order valence-corrected chi connectivity index (χ3v) is 3.76. The number of hydrogen-bond donors (Lipinski definition) is 1. The fraction of sp³-hybridized carbons (Fsp3) is 0.600. The maximum Gasteiger partial charge on any atom is 0.223 e. The Morgan fingerprint density at radius 2 is 2.30 bits per heavy atom. The van der Waals surface area contributed by atoms with Crippen molar-refractivity contribution in [1.82, 2.24) is 9.88 Å². The predicted octanol–water partition coefficient (Wildman–Crippen LogP) is 1.42. The van der Waals surface area contributed by atoms with Crippen LogP contribution < -0.4 is 5.73 Å². The van der Waals surface area contributed by atoms with Gasteiger partial charge in [0.15, 0.2) is 0 Å². The zero-order valence-corrected chi connectivity index (χ0v) is 12.2. The molecule has 2 heterocycles. The van der Waals surface area contributed by atoms with Crippen molar-refractivity contribution in [3.63, 3.8) is 0 Å². The summed E-state index contributed by atoms with van der Waals surface area (Å²) < 4.78 is 5.12. The van der Waals surface area contributed by atoms with Crippen molar-refractivity contribution < 1.29 is 9.53 Å². The molecule has 1 fully saturated rings. The molecule has 0 bridgehead atoms. The number of pyridine rings is 1. The van der Waals surface area contributed by atoms with Crippen LogP contribution in [-0.4, -0.2) is 42.1 Å². The van der Waals surface area contributed by atoms with Gasteiger partial charge in [0.25, 0.3) is 0 Å². The molecule has 0 spiro atoms. The number of aromatic nitrogens is 1. The molecule has 2 atom stereocenters. The zero-order chi connectivity index (χ0) is 14.5. The molecule has 110 valence electrons. The molecule has 1 aromatic rings. The highest BCUT2D eigenvalue weighted by Crippen LogP contribution is 2.28. The van der Waals surface area contributed by atoms with Crippen LogP contribution in [0.3, 0.4) is 0 Å². The summed E-state index contributed by atoms with van der Waals surface area (Å²) in [5.74, 6) is 0.141. The third kappa shape index (κ3) is 3.35. The van der Waals surface area contributed by atoms with E-state index in [4.69, 9.17) is 10.5 Å². The lowest BCUT2D eigenvalue weighted by Gasteiger charge is -2.33. The van der Waals surface area contributed by atoms with Crippen LogP contribution in [-0.2, 0) is 9.53 Å². The van der Waals surface area contributed by atoms with Crippen molar-refractivity contribution in [3.05, 3.63) is 29.6 Å². The number of carbonyl (C=O) groups excluding carboxylic acids is 1. The molecule has 0 aromatic carbocycles. The molecule has 2 rings (SSSR count). The number of rotatable bonds is 4. The molecule has 5 heteroatoms. The fourth-order valence-corrected chi connectivity index (χ4v) is 2.66. The Morgan fingerprint density at radius 1 is 1.50 bits per heavy atom. The van der Waals surface area contributed by atoms with Crippen LogP contribution in [0.5, 0.6) is 0 Å². The average molecular weight is 277 g/mol. The van der Waals surface area contributed by atoms with E-state index in [0.717, 1.165) is 24.1 Å². The molecule has 1 aromatic heterocycles. The molecule has 1 saturated heterocycles. The van der Waals surface area contributed by atoms with Gasteiger partial charge in [0.05, 0.1) is 18.3 Å². The lowest BCUT2D eigenvalue weighted by Crippen LogP contribution is -2.44. The van der Waals surface area contributed by atoms with E-state index in [0.29, 0.717) is 19.6 Å². The van der Waals surface area contributed by atoms with Gasteiger partial charge >= 0.3 is 0 Å². The van der Waals surface area contributed by atoms with Gasteiger partial charge in [-0.1, -0.05) is 6.07 Å². The lowest BCUT2D eigenvalue weighted by atomic mass is 10.00. The molecule has 0 aliphatic carbocycles. The Balaban J connectivity index is 2.30. The van der Waals surface area contributed by atoms with Crippen molar-refractivity contribution in [2.24, 2.45) is 5.73 Å². The minimum absolute atomic E-state index is 0.0755. The second kappa shape index (κ2) is 6.81. The van der Waals surface area contributed by atoms with Gasteiger partial charge in [-0.25, -0.2) is 0 Å². The lowest BCUT2D eigenvalue weighted by molar-refractivity contribution is -0.134. The number of likely N-dealkylation sites (tertiary alicyclic amines) is 1. The minimum atomic E-state index is -0.152. The first kappa shape index (κ1) is 14.9.